The van der Waals surface area contributed by atoms with Gasteiger partial charge in [0, 0.05) is 12.4 Å². The van der Waals surface area contributed by atoms with E-state index in [2.05, 4.69) is 5.43 Å². The van der Waals surface area contributed by atoms with Gasteiger partial charge in [0.25, 0.3) is 5.91 Å². The number of carbonyl (C=O) groups excluding carboxylic acids is 1. The molecule has 1 N–H and O–H groups in total. The van der Waals surface area contributed by atoms with Crippen molar-refractivity contribution >= 4 is 23.2 Å². The molecule has 1 amide bonds. The van der Waals surface area contributed by atoms with E-state index in [0.717, 1.165) is 0 Å². The van der Waals surface area contributed by atoms with E-state index in [1.807, 2.05) is 0 Å². The molecule has 0 fully saturated rings. The van der Waals surface area contributed by atoms with Gasteiger partial charge < -0.3 is 0 Å². The molecular weight excluding hydrogens is 258 g/mol. The third-order valence-corrected chi connectivity index (χ3v) is 2.55. The summed E-state index contributed by atoms with van der Waals surface area (Å²) < 4.78 is 1.40. The Morgan fingerprint density at radius 1 is 1.28 bits per heavy atom. The van der Waals surface area contributed by atoms with Crippen LogP contribution >= 0.6 is 11.6 Å². The number of halogens is 1. The fraction of sp³-hybridized carbons (Fsp3) is 0. The lowest BCUT2D eigenvalue weighted by atomic mass is 10.1. The molecule has 2 aromatic rings. The van der Waals surface area contributed by atoms with E-state index in [4.69, 9.17) is 11.6 Å². The number of hydrogen-bond donors (Lipinski definition) is 1. The van der Waals surface area contributed by atoms with Gasteiger partial charge in [0.2, 0.25) is 0 Å². The average Bonchev–Trinajstić information content (AvgIpc) is 2.80. The van der Waals surface area contributed by atoms with Gasteiger partial charge in [-0.2, -0.15) is 0 Å². The van der Waals surface area contributed by atoms with Crippen molar-refractivity contribution in [3.05, 3.63) is 63.4 Å². The standard InChI is InChI=1S/C11H8ClN3O3/c12-9-5-3-4-8(10(9)15(17)18)11(16)13-14-6-1-2-7-14/h1-7H,(H,13,16). The number of aromatic nitrogens is 1. The minimum Gasteiger partial charge on any atom is -0.268 e. The lowest BCUT2D eigenvalue weighted by Gasteiger charge is -2.07. The molecule has 0 bridgehead atoms. The Kier molecular flexibility index (Phi) is 3.29. The predicted octanol–water partition coefficient (Wildman–Crippen LogP) is 2.43. The molecule has 92 valence electrons. The minimum atomic E-state index is -0.674. The maximum Gasteiger partial charge on any atom is 0.300 e. The van der Waals surface area contributed by atoms with Gasteiger partial charge in [-0.15, -0.1) is 0 Å². The lowest BCUT2D eigenvalue weighted by Crippen LogP contribution is -2.22. The molecule has 18 heavy (non-hydrogen) atoms. The molecular formula is C11H8ClN3O3. The predicted molar refractivity (Wildman–Crippen MR) is 66.2 cm³/mol. The fourth-order valence-electron chi connectivity index (χ4n) is 1.47. The van der Waals surface area contributed by atoms with Gasteiger partial charge in [-0.1, -0.05) is 17.7 Å². The van der Waals surface area contributed by atoms with Gasteiger partial charge in [0.15, 0.2) is 0 Å². The molecule has 7 heteroatoms. The van der Waals surface area contributed by atoms with E-state index in [0.29, 0.717) is 0 Å². The third-order valence-electron chi connectivity index (χ3n) is 2.25. The summed E-state index contributed by atoms with van der Waals surface area (Å²) in [5.74, 6) is -0.597. The Balaban J connectivity index is 2.36. The molecule has 0 saturated heterocycles. The lowest BCUT2D eigenvalue weighted by molar-refractivity contribution is -0.385. The fourth-order valence-corrected chi connectivity index (χ4v) is 1.71. The molecule has 2 rings (SSSR count). The van der Waals surface area contributed by atoms with Crippen molar-refractivity contribution < 1.29 is 9.72 Å². The number of hydrogen-bond acceptors (Lipinski definition) is 3. The highest BCUT2D eigenvalue weighted by atomic mass is 35.5. The number of benzene rings is 1. The van der Waals surface area contributed by atoms with Crippen molar-refractivity contribution in [1.29, 1.82) is 0 Å². The third kappa shape index (κ3) is 2.33. The van der Waals surface area contributed by atoms with Crippen molar-refractivity contribution in [3.8, 4) is 0 Å². The Labute approximate surface area is 107 Å². The van der Waals surface area contributed by atoms with Gasteiger partial charge in [0.1, 0.15) is 10.6 Å². The van der Waals surface area contributed by atoms with E-state index >= 15 is 0 Å². The smallest absolute Gasteiger partial charge is 0.268 e. The molecule has 0 aliphatic heterocycles. The number of para-hydroxylation sites is 1. The molecule has 0 saturated carbocycles. The molecule has 1 aromatic carbocycles. The maximum atomic E-state index is 11.9. The molecule has 0 unspecified atom stereocenters. The number of nitrogens with zero attached hydrogens (tertiary/aromatic N) is 2. The van der Waals surface area contributed by atoms with Crippen LogP contribution in [0.5, 0.6) is 0 Å². The minimum absolute atomic E-state index is 0.0693. The van der Waals surface area contributed by atoms with Crippen LogP contribution in [-0.2, 0) is 0 Å². The summed E-state index contributed by atoms with van der Waals surface area (Å²) in [6.45, 7) is 0. The van der Waals surface area contributed by atoms with Gasteiger partial charge >= 0.3 is 5.69 Å². The summed E-state index contributed by atoms with van der Waals surface area (Å²) >= 11 is 5.72. The second-order valence-corrected chi connectivity index (χ2v) is 3.83. The van der Waals surface area contributed by atoms with Crippen LogP contribution in [0, 0.1) is 10.1 Å². The molecule has 0 aliphatic rings. The molecule has 0 atom stereocenters. The topological polar surface area (TPSA) is 77.2 Å². The Hall–Kier alpha value is -2.34. The van der Waals surface area contributed by atoms with Crippen LogP contribution in [0.25, 0.3) is 0 Å². The molecule has 0 spiro atoms. The zero-order valence-electron chi connectivity index (χ0n) is 9.04. The summed E-state index contributed by atoms with van der Waals surface area (Å²) in [5, 5.41) is 10.8. The highest BCUT2D eigenvalue weighted by Crippen LogP contribution is 2.28. The first-order chi connectivity index (χ1) is 8.59. The highest BCUT2D eigenvalue weighted by Gasteiger charge is 2.23. The Morgan fingerprint density at radius 3 is 2.56 bits per heavy atom. The van der Waals surface area contributed by atoms with Crippen molar-refractivity contribution in [2.24, 2.45) is 0 Å². The van der Waals surface area contributed by atoms with Crippen molar-refractivity contribution in [2.75, 3.05) is 5.43 Å². The summed E-state index contributed by atoms with van der Waals surface area (Å²) in [7, 11) is 0. The zero-order chi connectivity index (χ0) is 13.1. The monoisotopic (exact) mass is 265 g/mol. The average molecular weight is 266 g/mol. The van der Waals surface area contributed by atoms with Crippen molar-refractivity contribution in [3.63, 3.8) is 0 Å². The Morgan fingerprint density at radius 2 is 1.94 bits per heavy atom. The van der Waals surface area contributed by atoms with Crippen molar-refractivity contribution in [2.45, 2.75) is 0 Å². The van der Waals surface area contributed by atoms with E-state index in [1.54, 1.807) is 24.5 Å². The first-order valence-electron chi connectivity index (χ1n) is 4.97. The Bertz CT molecular complexity index is 596. The second kappa shape index (κ2) is 4.89. The SMILES string of the molecule is O=C(Nn1cccc1)c1cccc(Cl)c1[N+](=O)[O-]. The van der Waals surface area contributed by atoms with Gasteiger partial charge in [-0.05, 0) is 24.3 Å². The number of nitrogens with one attached hydrogen (secondary N) is 1. The first kappa shape index (κ1) is 12.1. The van der Waals surface area contributed by atoms with Crippen LogP contribution in [0.3, 0.4) is 0 Å². The number of amides is 1. The molecule has 0 radical (unpaired) electrons. The van der Waals surface area contributed by atoms with Crippen LogP contribution in [-0.4, -0.2) is 15.5 Å². The first-order valence-corrected chi connectivity index (χ1v) is 5.34. The van der Waals surface area contributed by atoms with Crippen molar-refractivity contribution in [1.82, 2.24) is 4.68 Å². The normalized spacial score (nSPS) is 10.1. The number of nitro groups is 1. The summed E-state index contributed by atoms with van der Waals surface area (Å²) in [5.41, 5.74) is 1.99. The van der Waals surface area contributed by atoms with Crippen LogP contribution in [0.1, 0.15) is 10.4 Å². The second-order valence-electron chi connectivity index (χ2n) is 3.42. The van der Waals surface area contributed by atoms with Gasteiger partial charge in [-0.25, -0.2) is 0 Å². The molecule has 6 nitrogen and oxygen atoms in total. The zero-order valence-corrected chi connectivity index (χ0v) is 9.79. The summed E-state index contributed by atoms with van der Waals surface area (Å²) in [6.07, 6.45) is 3.21. The van der Waals surface area contributed by atoms with Crippen LogP contribution in [0.15, 0.2) is 42.7 Å². The summed E-state index contributed by atoms with van der Waals surface area (Å²) in [6, 6.07) is 7.63. The largest absolute Gasteiger partial charge is 0.300 e. The maximum absolute atomic E-state index is 11.9. The highest BCUT2D eigenvalue weighted by molar-refractivity contribution is 6.33. The quantitative estimate of drug-likeness (QED) is 0.684. The van der Waals surface area contributed by atoms with Gasteiger partial charge in [0.05, 0.1) is 4.92 Å². The van der Waals surface area contributed by atoms with E-state index < -0.39 is 16.5 Å². The van der Waals surface area contributed by atoms with Crippen LogP contribution < -0.4 is 5.43 Å². The van der Waals surface area contributed by atoms with E-state index in [1.165, 1.54) is 22.9 Å². The number of nitro benzene ring substituents is 1. The molecule has 1 heterocycles. The van der Waals surface area contributed by atoms with E-state index in [9.17, 15) is 14.9 Å². The molecule has 0 aliphatic carbocycles. The number of rotatable bonds is 3. The van der Waals surface area contributed by atoms with Crippen LogP contribution in [0.4, 0.5) is 5.69 Å². The summed E-state index contributed by atoms with van der Waals surface area (Å²) in [4.78, 5) is 22.1. The number of carbonyl (C=O) groups is 1. The van der Waals surface area contributed by atoms with Gasteiger partial charge in [-0.3, -0.25) is 25.0 Å². The van der Waals surface area contributed by atoms with Crippen LogP contribution in [0.2, 0.25) is 5.02 Å². The van der Waals surface area contributed by atoms with E-state index in [-0.39, 0.29) is 10.6 Å². The molecule has 1 aromatic heterocycles.